The Morgan fingerprint density at radius 1 is 1.18 bits per heavy atom. The van der Waals surface area contributed by atoms with Crippen molar-refractivity contribution in [2.75, 3.05) is 19.6 Å². The summed E-state index contributed by atoms with van der Waals surface area (Å²) in [4.78, 5) is 39.0. The van der Waals surface area contributed by atoms with Crippen LogP contribution in [0, 0.1) is 12.8 Å². The van der Waals surface area contributed by atoms with Crippen LogP contribution in [0.4, 0.5) is 0 Å². The molecule has 0 spiro atoms. The number of amides is 3. The summed E-state index contributed by atoms with van der Waals surface area (Å²) in [5, 5.41) is 5.76. The number of nitrogens with one attached hydrogen (secondary N) is 2. The topological polar surface area (TPSA) is 78.5 Å². The molecule has 0 radical (unpaired) electrons. The number of benzene rings is 1. The van der Waals surface area contributed by atoms with E-state index in [0.717, 1.165) is 31.4 Å². The van der Waals surface area contributed by atoms with Crippen molar-refractivity contribution < 1.29 is 14.4 Å². The van der Waals surface area contributed by atoms with E-state index in [-0.39, 0.29) is 23.6 Å². The van der Waals surface area contributed by atoms with Gasteiger partial charge in [-0.15, -0.1) is 0 Å². The Bertz CT molecular complexity index is 687. The number of carbonyl (C=O) groups excluding carboxylic acids is 3. The molecule has 6 nitrogen and oxygen atoms in total. The van der Waals surface area contributed by atoms with Gasteiger partial charge >= 0.3 is 0 Å². The molecule has 0 aromatic heterocycles. The predicted molar refractivity (Wildman–Crippen MR) is 110 cm³/mol. The van der Waals surface area contributed by atoms with Crippen molar-refractivity contribution in [1.82, 2.24) is 15.5 Å². The van der Waals surface area contributed by atoms with Gasteiger partial charge in [-0.2, -0.15) is 0 Å². The smallest absolute Gasteiger partial charge is 0.251 e. The van der Waals surface area contributed by atoms with E-state index in [1.165, 1.54) is 0 Å². The minimum Gasteiger partial charge on any atom is -0.354 e. The summed E-state index contributed by atoms with van der Waals surface area (Å²) in [6.07, 6.45) is 4.48. The lowest BCUT2D eigenvalue weighted by atomic mass is 10.0. The molecule has 3 amide bonds. The maximum Gasteiger partial charge on any atom is 0.251 e. The molecule has 0 saturated carbocycles. The first-order chi connectivity index (χ1) is 13.4. The second-order valence-corrected chi connectivity index (χ2v) is 7.90. The van der Waals surface area contributed by atoms with Crippen molar-refractivity contribution >= 4 is 17.7 Å². The molecule has 1 saturated heterocycles. The molecule has 1 aliphatic heterocycles. The van der Waals surface area contributed by atoms with Gasteiger partial charge in [-0.3, -0.25) is 14.4 Å². The number of hydrogen-bond acceptors (Lipinski definition) is 3. The highest BCUT2D eigenvalue weighted by molar-refractivity contribution is 5.97. The average molecular weight is 388 g/mol. The van der Waals surface area contributed by atoms with Crippen molar-refractivity contribution in [3.63, 3.8) is 0 Å². The lowest BCUT2D eigenvalue weighted by Gasteiger charge is -2.23. The van der Waals surface area contributed by atoms with Crippen LogP contribution in [0.15, 0.2) is 24.3 Å². The van der Waals surface area contributed by atoms with Crippen molar-refractivity contribution in [2.45, 2.75) is 58.9 Å². The van der Waals surface area contributed by atoms with Crippen LogP contribution in [0.2, 0.25) is 0 Å². The van der Waals surface area contributed by atoms with E-state index >= 15 is 0 Å². The normalized spacial score (nSPS) is 15.9. The number of nitrogens with zero attached hydrogens (tertiary/aromatic N) is 1. The van der Waals surface area contributed by atoms with E-state index in [1.54, 1.807) is 6.07 Å². The molecular formula is C22H33N3O3. The van der Waals surface area contributed by atoms with E-state index in [9.17, 15) is 14.4 Å². The van der Waals surface area contributed by atoms with Gasteiger partial charge in [0.2, 0.25) is 11.8 Å². The molecule has 1 atom stereocenters. The fraction of sp³-hybridized carbons (Fsp3) is 0.591. The Morgan fingerprint density at radius 2 is 1.96 bits per heavy atom. The average Bonchev–Trinajstić information content (AvgIpc) is 2.86. The van der Waals surface area contributed by atoms with E-state index in [4.69, 9.17) is 0 Å². The highest BCUT2D eigenvalue weighted by Crippen LogP contribution is 2.11. The van der Waals surface area contributed by atoms with E-state index in [0.29, 0.717) is 31.5 Å². The quantitative estimate of drug-likeness (QED) is 0.673. The first kappa shape index (κ1) is 21.9. The lowest BCUT2D eigenvalue weighted by Crippen LogP contribution is -2.50. The van der Waals surface area contributed by atoms with Crippen LogP contribution in [-0.2, 0) is 9.59 Å². The van der Waals surface area contributed by atoms with Gasteiger partial charge in [-0.05, 0) is 44.2 Å². The molecule has 1 aromatic rings. The van der Waals surface area contributed by atoms with Gasteiger partial charge in [0.25, 0.3) is 5.91 Å². The number of aryl methyl sites for hydroxylation is 1. The molecule has 1 fully saturated rings. The van der Waals surface area contributed by atoms with Gasteiger partial charge in [0, 0.05) is 31.6 Å². The van der Waals surface area contributed by atoms with Crippen LogP contribution in [0.25, 0.3) is 0 Å². The summed E-state index contributed by atoms with van der Waals surface area (Å²) in [5.74, 6) is -0.235. The second-order valence-electron chi connectivity index (χ2n) is 7.90. The summed E-state index contributed by atoms with van der Waals surface area (Å²) < 4.78 is 0. The zero-order valence-electron chi connectivity index (χ0n) is 17.3. The van der Waals surface area contributed by atoms with Gasteiger partial charge in [0.15, 0.2) is 0 Å². The van der Waals surface area contributed by atoms with Gasteiger partial charge < -0.3 is 15.5 Å². The van der Waals surface area contributed by atoms with Crippen LogP contribution >= 0.6 is 0 Å². The highest BCUT2D eigenvalue weighted by Gasteiger charge is 2.24. The largest absolute Gasteiger partial charge is 0.354 e. The standard InChI is InChI=1S/C22H33N3O3/c1-16(2)20(24-21(27)18-10-7-9-17(3)15-18)22(28)23-12-8-14-25-13-6-4-5-11-19(25)26/h7,9-10,15-16,20H,4-6,8,11-14H2,1-3H3,(H,23,28)(H,24,27). The van der Waals surface area contributed by atoms with Crippen molar-refractivity contribution in [3.8, 4) is 0 Å². The van der Waals surface area contributed by atoms with Crippen LogP contribution in [0.5, 0.6) is 0 Å². The third-order valence-electron chi connectivity index (χ3n) is 5.09. The van der Waals surface area contributed by atoms with Crippen LogP contribution in [0.1, 0.15) is 61.9 Å². The molecule has 1 aliphatic rings. The predicted octanol–water partition coefficient (Wildman–Crippen LogP) is 2.66. The molecule has 2 rings (SSSR count). The van der Waals surface area contributed by atoms with Crippen LogP contribution in [-0.4, -0.2) is 48.3 Å². The summed E-state index contributed by atoms with van der Waals surface area (Å²) >= 11 is 0. The first-order valence-corrected chi connectivity index (χ1v) is 10.3. The molecule has 1 aromatic carbocycles. The zero-order valence-corrected chi connectivity index (χ0v) is 17.3. The molecule has 154 valence electrons. The molecule has 28 heavy (non-hydrogen) atoms. The van der Waals surface area contributed by atoms with Gasteiger partial charge in [0.05, 0.1) is 0 Å². The van der Waals surface area contributed by atoms with Gasteiger partial charge in [-0.1, -0.05) is 38.0 Å². The van der Waals surface area contributed by atoms with Crippen molar-refractivity contribution in [1.29, 1.82) is 0 Å². The zero-order chi connectivity index (χ0) is 20.5. The first-order valence-electron chi connectivity index (χ1n) is 10.3. The third kappa shape index (κ3) is 6.66. The Hall–Kier alpha value is -2.37. The molecule has 1 unspecified atom stereocenters. The molecule has 2 N–H and O–H groups in total. The van der Waals surface area contributed by atoms with Gasteiger partial charge in [-0.25, -0.2) is 0 Å². The second kappa shape index (κ2) is 10.8. The highest BCUT2D eigenvalue weighted by atomic mass is 16.2. The minimum absolute atomic E-state index is 0.0269. The number of carbonyl (C=O) groups is 3. The maximum absolute atomic E-state index is 12.6. The molecule has 0 bridgehead atoms. The fourth-order valence-corrected chi connectivity index (χ4v) is 3.41. The lowest BCUT2D eigenvalue weighted by molar-refractivity contribution is -0.130. The summed E-state index contributed by atoms with van der Waals surface area (Å²) in [7, 11) is 0. The molecule has 6 heteroatoms. The minimum atomic E-state index is -0.590. The Balaban J connectivity index is 1.82. The Labute approximate surface area is 168 Å². The van der Waals surface area contributed by atoms with Crippen LogP contribution in [0.3, 0.4) is 0 Å². The fourth-order valence-electron chi connectivity index (χ4n) is 3.41. The van der Waals surface area contributed by atoms with E-state index in [1.807, 2.05) is 43.9 Å². The SMILES string of the molecule is Cc1cccc(C(=O)NC(C(=O)NCCCN2CCCCCC2=O)C(C)C)c1. The van der Waals surface area contributed by atoms with Crippen molar-refractivity contribution in [2.24, 2.45) is 5.92 Å². The summed E-state index contributed by atoms with van der Waals surface area (Å²) in [5.41, 5.74) is 1.55. The Kier molecular flexibility index (Phi) is 8.48. The molecule has 1 heterocycles. The third-order valence-corrected chi connectivity index (χ3v) is 5.09. The summed E-state index contributed by atoms with van der Waals surface area (Å²) in [6.45, 7) is 7.73. The monoisotopic (exact) mass is 387 g/mol. The van der Waals surface area contributed by atoms with Crippen molar-refractivity contribution in [3.05, 3.63) is 35.4 Å². The summed E-state index contributed by atoms with van der Waals surface area (Å²) in [6, 6.07) is 6.73. The number of hydrogen-bond donors (Lipinski definition) is 2. The number of rotatable bonds is 8. The molecular weight excluding hydrogens is 354 g/mol. The van der Waals surface area contributed by atoms with E-state index in [2.05, 4.69) is 10.6 Å². The van der Waals surface area contributed by atoms with E-state index < -0.39 is 6.04 Å². The molecule has 0 aliphatic carbocycles. The number of likely N-dealkylation sites (tertiary alicyclic amines) is 1. The van der Waals surface area contributed by atoms with Crippen LogP contribution < -0.4 is 10.6 Å². The maximum atomic E-state index is 12.6. The Morgan fingerprint density at radius 3 is 2.68 bits per heavy atom. The van der Waals surface area contributed by atoms with Gasteiger partial charge in [0.1, 0.15) is 6.04 Å².